The molecule has 1 aliphatic rings. The van der Waals surface area contributed by atoms with Crippen molar-refractivity contribution in [2.45, 2.75) is 19.5 Å². The Hall–Kier alpha value is -0.890. The number of carbonyl (C=O) groups excluding carboxylic acids is 1. The zero-order chi connectivity index (χ0) is 17.1. The van der Waals surface area contributed by atoms with E-state index in [1.54, 1.807) is 5.38 Å². The lowest BCUT2D eigenvalue weighted by atomic mass is 10.1. The van der Waals surface area contributed by atoms with Crippen molar-refractivity contribution in [3.63, 3.8) is 0 Å². The van der Waals surface area contributed by atoms with Gasteiger partial charge in [-0.1, -0.05) is 29.8 Å². The summed E-state index contributed by atoms with van der Waals surface area (Å²) < 4.78 is 0. The Morgan fingerprint density at radius 1 is 1.27 bits per heavy atom. The lowest BCUT2D eigenvalue weighted by Gasteiger charge is -2.38. The Kier molecular flexibility index (Phi) is 9.30. The number of nitrogens with two attached hydrogens (primary N) is 1. The van der Waals surface area contributed by atoms with Crippen LogP contribution in [-0.2, 0) is 6.54 Å². The van der Waals surface area contributed by atoms with Crippen LogP contribution < -0.4 is 5.73 Å². The SMILES string of the molecule is CC(c1ccccc1Cl)N1CCN(C(=O)c2csc(CN)n2)CC1.Cl.Cl. The van der Waals surface area contributed by atoms with Crippen LogP contribution in [0.5, 0.6) is 0 Å². The number of nitrogens with zero attached hydrogens (tertiary/aromatic N) is 3. The number of thiazole rings is 1. The predicted octanol–water partition coefficient (Wildman–Crippen LogP) is 3.62. The van der Waals surface area contributed by atoms with Crippen LogP contribution in [0.15, 0.2) is 29.6 Å². The summed E-state index contributed by atoms with van der Waals surface area (Å²) in [5.41, 5.74) is 7.20. The highest BCUT2D eigenvalue weighted by Crippen LogP contribution is 2.28. The number of rotatable bonds is 4. The Morgan fingerprint density at radius 3 is 2.50 bits per heavy atom. The van der Waals surface area contributed by atoms with E-state index in [1.165, 1.54) is 11.3 Å². The first-order chi connectivity index (χ1) is 11.6. The molecule has 3 rings (SSSR count). The molecule has 0 bridgehead atoms. The number of aromatic nitrogens is 1. The average molecular weight is 438 g/mol. The van der Waals surface area contributed by atoms with Crippen molar-refractivity contribution < 1.29 is 4.79 Å². The second kappa shape index (κ2) is 10.4. The largest absolute Gasteiger partial charge is 0.335 e. The summed E-state index contributed by atoms with van der Waals surface area (Å²) in [7, 11) is 0. The molecule has 144 valence electrons. The highest BCUT2D eigenvalue weighted by Gasteiger charge is 2.27. The van der Waals surface area contributed by atoms with E-state index in [1.807, 2.05) is 23.1 Å². The summed E-state index contributed by atoms with van der Waals surface area (Å²) >= 11 is 7.74. The smallest absolute Gasteiger partial charge is 0.273 e. The van der Waals surface area contributed by atoms with E-state index in [0.29, 0.717) is 25.3 Å². The monoisotopic (exact) mass is 436 g/mol. The van der Waals surface area contributed by atoms with E-state index in [2.05, 4.69) is 22.9 Å². The van der Waals surface area contributed by atoms with Gasteiger partial charge in [0.2, 0.25) is 0 Å². The molecule has 1 atom stereocenters. The summed E-state index contributed by atoms with van der Waals surface area (Å²) in [5, 5.41) is 3.38. The van der Waals surface area contributed by atoms with Gasteiger partial charge in [0.1, 0.15) is 10.7 Å². The quantitative estimate of drug-likeness (QED) is 0.793. The fraction of sp³-hybridized carbons (Fsp3) is 0.412. The lowest BCUT2D eigenvalue weighted by Crippen LogP contribution is -2.49. The molecule has 0 spiro atoms. The molecule has 2 N–H and O–H groups in total. The van der Waals surface area contributed by atoms with Crippen molar-refractivity contribution in [2.24, 2.45) is 5.73 Å². The molecule has 5 nitrogen and oxygen atoms in total. The molecule has 1 aliphatic heterocycles. The highest BCUT2D eigenvalue weighted by molar-refractivity contribution is 7.09. The molecule has 0 saturated carbocycles. The number of piperazine rings is 1. The molecule has 1 amide bonds. The third-order valence-corrected chi connectivity index (χ3v) is 5.67. The van der Waals surface area contributed by atoms with E-state index >= 15 is 0 Å². The minimum atomic E-state index is -0.00371. The Labute approximate surface area is 175 Å². The second-order valence-corrected chi connectivity index (χ2v) is 7.21. The molecule has 1 fully saturated rings. The Morgan fingerprint density at radius 2 is 1.92 bits per heavy atom. The van der Waals surface area contributed by atoms with Gasteiger partial charge in [0, 0.05) is 49.2 Å². The van der Waals surface area contributed by atoms with Crippen LogP contribution >= 0.6 is 47.8 Å². The van der Waals surface area contributed by atoms with Crippen LogP contribution in [0.1, 0.15) is 34.0 Å². The molecule has 1 saturated heterocycles. The number of halogens is 3. The van der Waals surface area contributed by atoms with E-state index < -0.39 is 0 Å². The summed E-state index contributed by atoms with van der Waals surface area (Å²) in [5.74, 6) is -0.00371. The summed E-state index contributed by atoms with van der Waals surface area (Å²) in [4.78, 5) is 21.0. The number of hydrogen-bond acceptors (Lipinski definition) is 5. The summed E-state index contributed by atoms with van der Waals surface area (Å²) in [6.45, 7) is 5.58. The van der Waals surface area contributed by atoms with Gasteiger partial charge in [0.25, 0.3) is 5.91 Å². The molecule has 0 aliphatic carbocycles. The highest BCUT2D eigenvalue weighted by atomic mass is 35.5. The second-order valence-electron chi connectivity index (χ2n) is 5.86. The number of carbonyl (C=O) groups is 1. The number of benzene rings is 1. The molecular formula is C17H23Cl3N4OS. The van der Waals surface area contributed by atoms with Crippen molar-refractivity contribution in [3.05, 3.63) is 50.9 Å². The standard InChI is InChI=1S/C17H21ClN4OS.2ClH/c1-12(13-4-2-3-5-14(13)18)21-6-8-22(9-7-21)17(23)15-11-24-16(10-19)20-15;;/h2-5,11-12H,6-10,19H2,1H3;2*1H. The van der Waals surface area contributed by atoms with Crippen LogP contribution in [-0.4, -0.2) is 46.9 Å². The van der Waals surface area contributed by atoms with Crippen LogP contribution in [0, 0.1) is 0 Å². The van der Waals surface area contributed by atoms with E-state index in [0.717, 1.165) is 28.7 Å². The Balaban J connectivity index is 0.00000169. The maximum Gasteiger partial charge on any atom is 0.273 e. The van der Waals surface area contributed by atoms with Gasteiger partial charge in [-0.05, 0) is 18.6 Å². The van der Waals surface area contributed by atoms with Gasteiger partial charge in [0.15, 0.2) is 0 Å². The van der Waals surface area contributed by atoms with Gasteiger partial charge >= 0.3 is 0 Å². The van der Waals surface area contributed by atoms with Gasteiger partial charge in [-0.15, -0.1) is 36.2 Å². The maximum absolute atomic E-state index is 12.5. The average Bonchev–Trinajstić information content (AvgIpc) is 3.10. The lowest BCUT2D eigenvalue weighted by molar-refractivity contribution is 0.0577. The van der Waals surface area contributed by atoms with Gasteiger partial charge in [-0.2, -0.15) is 0 Å². The van der Waals surface area contributed by atoms with Crippen LogP contribution in [0.4, 0.5) is 0 Å². The number of amides is 1. The first-order valence-electron chi connectivity index (χ1n) is 8.02. The Bertz CT molecular complexity index is 720. The zero-order valence-electron chi connectivity index (χ0n) is 14.4. The summed E-state index contributed by atoms with van der Waals surface area (Å²) in [6, 6.07) is 8.17. The summed E-state index contributed by atoms with van der Waals surface area (Å²) in [6.07, 6.45) is 0. The molecule has 2 heterocycles. The molecule has 1 aromatic heterocycles. The fourth-order valence-electron chi connectivity index (χ4n) is 2.99. The van der Waals surface area contributed by atoms with Crippen molar-refractivity contribution in [1.29, 1.82) is 0 Å². The van der Waals surface area contributed by atoms with E-state index in [-0.39, 0.29) is 36.8 Å². The molecule has 26 heavy (non-hydrogen) atoms. The molecular weight excluding hydrogens is 415 g/mol. The minimum absolute atomic E-state index is 0. The van der Waals surface area contributed by atoms with E-state index in [4.69, 9.17) is 17.3 Å². The first kappa shape index (κ1) is 23.1. The van der Waals surface area contributed by atoms with E-state index in [9.17, 15) is 4.79 Å². The van der Waals surface area contributed by atoms with Crippen molar-refractivity contribution >= 4 is 53.7 Å². The molecule has 2 aromatic rings. The molecule has 0 radical (unpaired) electrons. The maximum atomic E-state index is 12.5. The third kappa shape index (κ3) is 5.09. The topological polar surface area (TPSA) is 62.5 Å². The van der Waals surface area contributed by atoms with Gasteiger partial charge in [-0.25, -0.2) is 4.98 Å². The van der Waals surface area contributed by atoms with Gasteiger partial charge in [-0.3, -0.25) is 9.69 Å². The van der Waals surface area contributed by atoms with Crippen molar-refractivity contribution in [3.8, 4) is 0 Å². The molecule has 1 aromatic carbocycles. The van der Waals surface area contributed by atoms with Crippen molar-refractivity contribution in [1.82, 2.24) is 14.8 Å². The molecule has 9 heteroatoms. The predicted molar refractivity (Wildman–Crippen MR) is 112 cm³/mol. The van der Waals surface area contributed by atoms with Gasteiger partial charge in [0.05, 0.1) is 0 Å². The minimum Gasteiger partial charge on any atom is -0.335 e. The van der Waals surface area contributed by atoms with Crippen LogP contribution in [0.3, 0.4) is 0 Å². The van der Waals surface area contributed by atoms with Crippen LogP contribution in [0.25, 0.3) is 0 Å². The third-order valence-electron chi connectivity index (χ3n) is 4.45. The van der Waals surface area contributed by atoms with Crippen LogP contribution in [0.2, 0.25) is 5.02 Å². The fourth-order valence-corrected chi connectivity index (χ4v) is 3.93. The van der Waals surface area contributed by atoms with Gasteiger partial charge < -0.3 is 10.6 Å². The number of hydrogen-bond donors (Lipinski definition) is 1. The van der Waals surface area contributed by atoms with Crippen molar-refractivity contribution in [2.75, 3.05) is 26.2 Å². The molecule has 1 unspecified atom stereocenters. The first-order valence-corrected chi connectivity index (χ1v) is 9.28. The normalized spacial score (nSPS) is 15.7. The zero-order valence-corrected chi connectivity index (χ0v) is 17.6.